The summed E-state index contributed by atoms with van der Waals surface area (Å²) in [5.41, 5.74) is 1.46. The first-order chi connectivity index (χ1) is 16.3. The quantitative estimate of drug-likeness (QED) is 0.285. The van der Waals surface area contributed by atoms with Crippen molar-refractivity contribution in [3.05, 3.63) is 100 Å². The molecule has 174 valence electrons. The Kier molecular flexibility index (Phi) is 7.11. The van der Waals surface area contributed by atoms with Gasteiger partial charge in [-0.3, -0.25) is 4.72 Å². The largest absolute Gasteiger partial charge is 0.456 e. The molecule has 0 fully saturated rings. The molecule has 0 spiro atoms. The van der Waals surface area contributed by atoms with Crippen LogP contribution in [0.4, 0.5) is 20.9 Å². The Hall–Kier alpha value is -3.47. The maximum absolute atomic E-state index is 13.1. The molecule has 0 unspecified atom stereocenters. The van der Waals surface area contributed by atoms with E-state index in [0.29, 0.717) is 10.8 Å². The predicted octanol–water partition coefficient (Wildman–Crippen LogP) is 5.84. The molecule has 34 heavy (non-hydrogen) atoms. The summed E-state index contributed by atoms with van der Waals surface area (Å²) < 4.78 is 46.1. The number of halogens is 2. The fraction of sp³-hybridized carbons (Fsp3) is 0.0435. The van der Waals surface area contributed by atoms with E-state index < -0.39 is 21.8 Å². The van der Waals surface area contributed by atoms with Crippen LogP contribution in [0.15, 0.2) is 83.1 Å². The van der Waals surface area contributed by atoms with Gasteiger partial charge in [0.2, 0.25) is 0 Å². The fourth-order valence-corrected chi connectivity index (χ4v) is 4.85. The molecule has 7 nitrogen and oxygen atoms in total. The number of para-hydroxylation sites is 1. The molecule has 0 saturated heterocycles. The van der Waals surface area contributed by atoms with Crippen LogP contribution in [0.25, 0.3) is 0 Å². The number of rotatable bonds is 8. The van der Waals surface area contributed by atoms with Crippen LogP contribution >= 0.6 is 22.9 Å². The van der Waals surface area contributed by atoms with Gasteiger partial charge in [-0.15, -0.1) is 11.3 Å². The highest BCUT2D eigenvalue weighted by molar-refractivity contribution is 7.92. The molecular formula is C23H17ClFN3O4S2. The summed E-state index contributed by atoms with van der Waals surface area (Å²) in [6.07, 6.45) is 0. The predicted molar refractivity (Wildman–Crippen MR) is 130 cm³/mol. The van der Waals surface area contributed by atoms with Gasteiger partial charge < -0.3 is 10.1 Å². The first-order valence-electron chi connectivity index (χ1n) is 9.82. The van der Waals surface area contributed by atoms with Crippen LogP contribution in [0, 0.1) is 5.82 Å². The van der Waals surface area contributed by atoms with Crippen molar-refractivity contribution in [3.8, 4) is 0 Å². The Bertz CT molecular complexity index is 1410. The van der Waals surface area contributed by atoms with E-state index in [0.717, 1.165) is 23.9 Å². The first-order valence-corrected chi connectivity index (χ1v) is 12.6. The van der Waals surface area contributed by atoms with Crippen LogP contribution in [-0.4, -0.2) is 19.4 Å². The Balaban J connectivity index is 1.43. The van der Waals surface area contributed by atoms with Crippen molar-refractivity contribution in [2.45, 2.75) is 11.5 Å². The van der Waals surface area contributed by atoms with E-state index in [2.05, 4.69) is 15.0 Å². The van der Waals surface area contributed by atoms with E-state index in [1.807, 2.05) is 30.3 Å². The van der Waals surface area contributed by atoms with Crippen LogP contribution in [0.2, 0.25) is 5.02 Å². The Morgan fingerprint density at radius 2 is 1.76 bits per heavy atom. The van der Waals surface area contributed by atoms with Gasteiger partial charge in [0.15, 0.2) is 5.13 Å². The highest BCUT2D eigenvalue weighted by atomic mass is 35.5. The average molecular weight is 518 g/mol. The van der Waals surface area contributed by atoms with Gasteiger partial charge in [-0.1, -0.05) is 29.8 Å². The smallest absolute Gasteiger partial charge is 0.340 e. The average Bonchev–Trinajstić information content (AvgIpc) is 3.27. The molecule has 0 radical (unpaired) electrons. The number of carbonyl (C=O) groups excluding carboxylic acids is 1. The molecule has 4 aromatic rings. The molecular weight excluding hydrogens is 501 g/mol. The number of benzene rings is 3. The normalized spacial score (nSPS) is 11.1. The lowest BCUT2D eigenvalue weighted by atomic mass is 10.2. The molecule has 0 saturated carbocycles. The third kappa shape index (κ3) is 5.90. The van der Waals surface area contributed by atoms with Gasteiger partial charge in [0, 0.05) is 16.8 Å². The number of thiazole rings is 1. The maximum atomic E-state index is 13.1. The van der Waals surface area contributed by atoms with Gasteiger partial charge in [0.25, 0.3) is 10.0 Å². The summed E-state index contributed by atoms with van der Waals surface area (Å²) >= 11 is 7.47. The van der Waals surface area contributed by atoms with E-state index in [1.54, 1.807) is 5.38 Å². The lowest BCUT2D eigenvalue weighted by molar-refractivity contribution is 0.0468. The molecule has 0 amide bonds. The first kappa shape index (κ1) is 23.7. The Morgan fingerprint density at radius 1 is 1.03 bits per heavy atom. The molecule has 3 aromatic carbocycles. The summed E-state index contributed by atoms with van der Waals surface area (Å²) in [6.45, 7) is -0.118. The minimum atomic E-state index is -4.05. The van der Waals surface area contributed by atoms with Gasteiger partial charge in [-0.2, -0.15) is 0 Å². The number of esters is 1. The fourth-order valence-electron chi connectivity index (χ4n) is 2.85. The van der Waals surface area contributed by atoms with E-state index >= 15 is 0 Å². The third-order valence-electron chi connectivity index (χ3n) is 4.49. The summed E-state index contributed by atoms with van der Waals surface area (Å²) in [5.74, 6) is -1.29. The molecule has 11 heteroatoms. The SMILES string of the molecule is O=C(OCc1csc(Nc2ccccc2)n1)c1cc(S(=O)(=O)Nc2ccc(F)cc2)ccc1Cl. The second-order valence-electron chi connectivity index (χ2n) is 6.97. The Labute approximate surface area is 204 Å². The zero-order chi connectivity index (χ0) is 24.1. The number of anilines is 3. The van der Waals surface area contributed by atoms with Crippen LogP contribution in [0.3, 0.4) is 0 Å². The lowest BCUT2D eigenvalue weighted by Gasteiger charge is -2.10. The molecule has 0 atom stereocenters. The lowest BCUT2D eigenvalue weighted by Crippen LogP contribution is -2.14. The van der Waals surface area contributed by atoms with Gasteiger partial charge in [0.05, 0.1) is 21.2 Å². The molecule has 0 aliphatic heterocycles. The van der Waals surface area contributed by atoms with Gasteiger partial charge in [0.1, 0.15) is 12.4 Å². The number of hydrogen-bond acceptors (Lipinski definition) is 7. The number of hydrogen-bond donors (Lipinski definition) is 2. The van der Waals surface area contributed by atoms with Crippen LogP contribution in [-0.2, 0) is 21.4 Å². The second kappa shape index (κ2) is 10.2. The van der Waals surface area contributed by atoms with E-state index in [-0.39, 0.29) is 27.8 Å². The monoisotopic (exact) mass is 517 g/mol. The molecule has 1 heterocycles. The highest BCUT2D eigenvalue weighted by Gasteiger charge is 2.20. The van der Waals surface area contributed by atoms with Crippen molar-refractivity contribution in [3.63, 3.8) is 0 Å². The highest BCUT2D eigenvalue weighted by Crippen LogP contribution is 2.25. The molecule has 1 aromatic heterocycles. The van der Waals surface area contributed by atoms with Crippen molar-refractivity contribution in [1.29, 1.82) is 0 Å². The minimum Gasteiger partial charge on any atom is -0.456 e. The van der Waals surface area contributed by atoms with Crippen molar-refractivity contribution >= 4 is 55.4 Å². The van der Waals surface area contributed by atoms with Crippen molar-refractivity contribution < 1.29 is 22.3 Å². The molecule has 0 aliphatic rings. The van der Waals surface area contributed by atoms with Crippen LogP contribution < -0.4 is 10.0 Å². The van der Waals surface area contributed by atoms with E-state index in [4.69, 9.17) is 16.3 Å². The topological polar surface area (TPSA) is 97.4 Å². The number of nitrogens with zero attached hydrogens (tertiary/aromatic N) is 1. The zero-order valence-corrected chi connectivity index (χ0v) is 19.8. The van der Waals surface area contributed by atoms with Crippen molar-refractivity contribution in [2.75, 3.05) is 10.0 Å². The molecule has 4 rings (SSSR count). The third-order valence-corrected chi connectivity index (χ3v) is 7.01. The van der Waals surface area contributed by atoms with Gasteiger partial charge >= 0.3 is 5.97 Å². The van der Waals surface area contributed by atoms with E-state index in [9.17, 15) is 17.6 Å². The summed E-state index contributed by atoms with van der Waals surface area (Å²) in [6, 6.07) is 18.0. The van der Waals surface area contributed by atoms with Gasteiger partial charge in [-0.25, -0.2) is 22.6 Å². The van der Waals surface area contributed by atoms with Crippen molar-refractivity contribution in [1.82, 2.24) is 4.98 Å². The van der Waals surface area contributed by atoms with Crippen LogP contribution in [0.1, 0.15) is 16.1 Å². The number of aromatic nitrogens is 1. The Morgan fingerprint density at radius 3 is 2.50 bits per heavy atom. The zero-order valence-electron chi connectivity index (χ0n) is 17.4. The number of nitrogens with one attached hydrogen (secondary N) is 2. The molecule has 0 aliphatic carbocycles. The van der Waals surface area contributed by atoms with Crippen molar-refractivity contribution in [2.24, 2.45) is 0 Å². The standard InChI is InChI=1S/C23H17ClFN3O4S2/c24-21-11-10-19(34(30,31)28-17-8-6-15(25)7-9-17)12-20(21)22(29)32-13-18-14-33-23(27-18)26-16-4-2-1-3-5-16/h1-12,14,28H,13H2,(H,26,27). The summed E-state index contributed by atoms with van der Waals surface area (Å²) in [5, 5.41) is 5.57. The van der Waals surface area contributed by atoms with Gasteiger partial charge in [-0.05, 0) is 54.6 Å². The number of sulfonamides is 1. The number of carbonyl (C=O) groups is 1. The summed E-state index contributed by atoms with van der Waals surface area (Å²) in [7, 11) is -4.05. The van der Waals surface area contributed by atoms with Crippen LogP contribution in [0.5, 0.6) is 0 Å². The van der Waals surface area contributed by atoms with E-state index in [1.165, 1.54) is 35.6 Å². The minimum absolute atomic E-state index is 0.0374. The number of ether oxygens (including phenoxy) is 1. The second-order valence-corrected chi connectivity index (χ2v) is 9.91. The molecule has 0 bridgehead atoms. The summed E-state index contributed by atoms with van der Waals surface area (Å²) in [4.78, 5) is 16.8. The maximum Gasteiger partial charge on any atom is 0.340 e. The molecule has 2 N–H and O–H groups in total.